The largest absolute Gasteiger partial charge is 0.351 e. The highest BCUT2D eigenvalue weighted by Crippen LogP contribution is 2.14. The molecule has 24 heavy (non-hydrogen) atoms. The van der Waals surface area contributed by atoms with E-state index in [1.54, 1.807) is 12.3 Å². The lowest BCUT2D eigenvalue weighted by molar-refractivity contribution is 0.0914. The second-order valence-corrected chi connectivity index (χ2v) is 5.99. The number of benzene rings is 1. The summed E-state index contributed by atoms with van der Waals surface area (Å²) >= 11 is 0. The van der Waals surface area contributed by atoms with Crippen molar-refractivity contribution >= 4 is 5.91 Å². The Balaban J connectivity index is 1.56. The number of amides is 1. The summed E-state index contributed by atoms with van der Waals surface area (Å²) in [5, 5.41) is 11.0. The molecule has 1 aromatic carbocycles. The predicted octanol–water partition coefficient (Wildman–Crippen LogP) is 2.97. The first-order valence-corrected chi connectivity index (χ1v) is 7.92. The fraction of sp³-hybridized carbons (Fsp3) is 0.278. The van der Waals surface area contributed by atoms with Crippen LogP contribution in [0.2, 0.25) is 0 Å². The molecular formula is C18H20N4O2. The smallest absolute Gasteiger partial charge is 0.290 e. The molecule has 0 aliphatic rings. The third-order valence-corrected chi connectivity index (χ3v) is 3.67. The van der Waals surface area contributed by atoms with Gasteiger partial charge in [-0.15, -0.1) is 0 Å². The summed E-state index contributed by atoms with van der Waals surface area (Å²) in [4.78, 5) is 12.1. The van der Waals surface area contributed by atoms with Crippen LogP contribution in [-0.4, -0.2) is 20.8 Å². The van der Waals surface area contributed by atoms with Gasteiger partial charge < -0.3 is 9.84 Å². The van der Waals surface area contributed by atoms with Crippen LogP contribution in [0.3, 0.4) is 0 Å². The van der Waals surface area contributed by atoms with Gasteiger partial charge >= 0.3 is 0 Å². The van der Waals surface area contributed by atoms with Crippen LogP contribution in [0.1, 0.15) is 47.1 Å². The maximum atomic E-state index is 12.1. The summed E-state index contributed by atoms with van der Waals surface area (Å²) < 4.78 is 6.93. The minimum atomic E-state index is -0.273. The van der Waals surface area contributed by atoms with Gasteiger partial charge in [-0.05, 0) is 11.5 Å². The Morgan fingerprint density at radius 2 is 2.04 bits per heavy atom. The van der Waals surface area contributed by atoms with E-state index in [1.807, 2.05) is 42.9 Å². The van der Waals surface area contributed by atoms with E-state index in [1.165, 1.54) is 5.56 Å². The summed E-state index contributed by atoms with van der Waals surface area (Å²) in [7, 11) is 0. The van der Waals surface area contributed by atoms with Crippen LogP contribution < -0.4 is 5.32 Å². The molecule has 1 amide bonds. The van der Waals surface area contributed by atoms with Crippen molar-refractivity contribution in [1.29, 1.82) is 0 Å². The number of carbonyl (C=O) groups is 1. The lowest BCUT2D eigenvalue weighted by atomic mass is 10.1. The van der Waals surface area contributed by atoms with Gasteiger partial charge in [-0.1, -0.05) is 49.3 Å². The van der Waals surface area contributed by atoms with Gasteiger partial charge in [0.1, 0.15) is 0 Å². The van der Waals surface area contributed by atoms with Crippen molar-refractivity contribution < 1.29 is 9.32 Å². The molecular weight excluding hydrogens is 304 g/mol. The first-order valence-electron chi connectivity index (χ1n) is 7.92. The molecule has 0 spiro atoms. The van der Waals surface area contributed by atoms with Crippen LogP contribution in [0.5, 0.6) is 0 Å². The van der Waals surface area contributed by atoms with Gasteiger partial charge in [0.25, 0.3) is 5.91 Å². The molecule has 3 rings (SSSR count). The Hall–Kier alpha value is -2.89. The molecule has 0 saturated carbocycles. The van der Waals surface area contributed by atoms with Gasteiger partial charge in [-0.25, -0.2) is 0 Å². The predicted molar refractivity (Wildman–Crippen MR) is 89.5 cm³/mol. The van der Waals surface area contributed by atoms with E-state index in [-0.39, 0.29) is 17.6 Å². The molecule has 124 valence electrons. The summed E-state index contributed by atoms with van der Waals surface area (Å²) in [6.45, 7) is 5.10. The molecule has 0 fully saturated rings. The first-order chi connectivity index (χ1) is 11.6. The van der Waals surface area contributed by atoms with Crippen LogP contribution in [0.4, 0.5) is 0 Å². The molecule has 6 nitrogen and oxygen atoms in total. The minimum Gasteiger partial charge on any atom is -0.351 e. The summed E-state index contributed by atoms with van der Waals surface area (Å²) in [6.07, 6.45) is 3.68. The molecule has 0 saturated heterocycles. The molecule has 1 N–H and O–H groups in total. The Kier molecular flexibility index (Phi) is 4.74. The van der Waals surface area contributed by atoms with Crippen molar-refractivity contribution in [3.8, 4) is 0 Å². The minimum absolute atomic E-state index is 0.228. The maximum Gasteiger partial charge on any atom is 0.290 e. The lowest BCUT2D eigenvalue weighted by Gasteiger charge is -2.01. The van der Waals surface area contributed by atoms with E-state index >= 15 is 0 Å². The highest BCUT2D eigenvalue weighted by Gasteiger charge is 2.14. The summed E-state index contributed by atoms with van der Waals surface area (Å²) in [6, 6.07) is 11.8. The van der Waals surface area contributed by atoms with Crippen molar-refractivity contribution in [3.05, 3.63) is 71.4 Å². The van der Waals surface area contributed by atoms with E-state index in [9.17, 15) is 4.79 Å². The number of hydrogen-bond donors (Lipinski definition) is 1. The van der Waals surface area contributed by atoms with Gasteiger partial charge in [0, 0.05) is 24.4 Å². The van der Waals surface area contributed by atoms with E-state index in [0.717, 1.165) is 11.3 Å². The molecule has 3 aromatic rings. The lowest BCUT2D eigenvalue weighted by Crippen LogP contribution is -2.22. The van der Waals surface area contributed by atoms with Crippen LogP contribution in [0.25, 0.3) is 0 Å². The fourth-order valence-corrected chi connectivity index (χ4v) is 2.29. The van der Waals surface area contributed by atoms with E-state index in [4.69, 9.17) is 4.52 Å². The topological polar surface area (TPSA) is 73.0 Å². The van der Waals surface area contributed by atoms with Gasteiger partial charge in [-0.2, -0.15) is 5.10 Å². The Labute approximate surface area is 140 Å². The average Bonchev–Trinajstić information content (AvgIpc) is 3.23. The Morgan fingerprint density at radius 3 is 2.75 bits per heavy atom. The summed E-state index contributed by atoms with van der Waals surface area (Å²) in [5.41, 5.74) is 2.89. The molecule has 0 unspecified atom stereocenters. The second-order valence-electron chi connectivity index (χ2n) is 5.99. The van der Waals surface area contributed by atoms with Gasteiger partial charge in [0.2, 0.25) is 5.76 Å². The standard InChI is InChI=1S/C18H20N4O2/c1-13(2)16-8-17(24-21-16)18(23)19-9-15-10-20-22(12-15)11-14-6-4-3-5-7-14/h3-8,10,12-13H,9,11H2,1-2H3,(H,19,23). The third-order valence-electron chi connectivity index (χ3n) is 3.67. The zero-order chi connectivity index (χ0) is 16.9. The van der Waals surface area contributed by atoms with Crippen molar-refractivity contribution in [2.75, 3.05) is 0 Å². The number of hydrogen-bond acceptors (Lipinski definition) is 4. The Morgan fingerprint density at radius 1 is 1.25 bits per heavy atom. The quantitative estimate of drug-likeness (QED) is 0.756. The number of nitrogens with one attached hydrogen (secondary N) is 1. The van der Waals surface area contributed by atoms with Crippen molar-refractivity contribution in [3.63, 3.8) is 0 Å². The molecule has 2 heterocycles. The van der Waals surface area contributed by atoms with E-state index in [2.05, 4.69) is 27.7 Å². The zero-order valence-corrected chi connectivity index (χ0v) is 13.8. The highest BCUT2D eigenvalue weighted by atomic mass is 16.5. The number of nitrogens with zero attached hydrogens (tertiary/aromatic N) is 3. The monoisotopic (exact) mass is 324 g/mol. The van der Waals surface area contributed by atoms with Crippen LogP contribution in [-0.2, 0) is 13.1 Å². The van der Waals surface area contributed by atoms with E-state index in [0.29, 0.717) is 13.1 Å². The van der Waals surface area contributed by atoms with E-state index < -0.39 is 0 Å². The number of rotatable bonds is 6. The van der Waals surface area contributed by atoms with Gasteiger partial charge in [0.15, 0.2) is 0 Å². The highest BCUT2D eigenvalue weighted by molar-refractivity contribution is 5.91. The Bertz CT molecular complexity index is 805. The second kappa shape index (κ2) is 7.12. The van der Waals surface area contributed by atoms with Crippen molar-refractivity contribution in [2.45, 2.75) is 32.9 Å². The van der Waals surface area contributed by atoms with Crippen LogP contribution in [0.15, 0.2) is 53.3 Å². The van der Waals surface area contributed by atoms with Gasteiger partial charge in [-0.3, -0.25) is 9.48 Å². The molecule has 6 heteroatoms. The molecule has 2 aromatic heterocycles. The SMILES string of the molecule is CC(C)c1cc(C(=O)NCc2cnn(Cc3ccccc3)c2)on1. The van der Waals surface area contributed by atoms with Crippen LogP contribution >= 0.6 is 0 Å². The molecule has 0 atom stereocenters. The maximum absolute atomic E-state index is 12.1. The molecule has 0 aliphatic carbocycles. The van der Waals surface area contributed by atoms with Gasteiger partial charge in [0.05, 0.1) is 18.4 Å². The number of aromatic nitrogens is 3. The zero-order valence-electron chi connectivity index (χ0n) is 13.8. The molecule has 0 bridgehead atoms. The summed E-state index contributed by atoms with van der Waals surface area (Å²) in [5.74, 6) is 0.187. The van der Waals surface area contributed by atoms with Crippen molar-refractivity contribution in [1.82, 2.24) is 20.3 Å². The average molecular weight is 324 g/mol. The number of carbonyl (C=O) groups excluding carboxylic acids is 1. The third kappa shape index (κ3) is 3.90. The first kappa shape index (κ1) is 16.0. The van der Waals surface area contributed by atoms with Crippen LogP contribution in [0, 0.1) is 0 Å². The normalized spacial score (nSPS) is 11.0. The van der Waals surface area contributed by atoms with Crippen molar-refractivity contribution in [2.24, 2.45) is 0 Å². The molecule has 0 radical (unpaired) electrons. The fourth-order valence-electron chi connectivity index (χ4n) is 2.29. The molecule has 0 aliphatic heterocycles.